The minimum atomic E-state index is -3.50. The first-order valence-corrected chi connectivity index (χ1v) is 7.97. The number of hydrogen-bond acceptors (Lipinski definition) is 3. The molecule has 1 aromatic rings. The highest BCUT2D eigenvalue weighted by atomic mass is 32.2. The molecule has 1 aliphatic carbocycles. The number of piperidine rings is 1. The molecule has 1 aliphatic heterocycles. The summed E-state index contributed by atoms with van der Waals surface area (Å²) in [5, 5.41) is 10.3. The molecule has 1 saturated carbocycles. The van der Waals surface area contributed by atoms with Crippen molar-refractivity contribution in [3.63, 3.8) is 0 Å². The summed E-state index contributed by atoms with van der Waals surface area (Å²) in [6.07, 6.45) is 1.38. The fraction of sp³-hybridized carbons (Fsp3) is 0.571. The second kappa shape index (κ2) is 3.59. The number of fused-ring (bicyclic) bond motifs is 1. The summed E-state index contributed by atoms with van der Waals surface area (Å²) in [7, 11) is -3.50. The predicted molar refractivity (Wildman–Crippen MR) is 72.3 cm³/mol. The van der Waals surface area contributed by atoms with Crippen molar-refractivity contribution in [2.45, 2.75) is 55.7 Å². The standard InChI is InChI=1S/C14H19NO3S/c1-10-4-6-11(7-5-10)19(17,18)15-12-13(15,2)8-9-14(12,3)16/h4-7,12,16H,8-9H2,1-3H3/t12-,13-,14+,15?/m0/s1. The molecule has 0 amide bonds. The zero-order valence-corrected chi connectivity index (χ0v) is 12.2. The number of benzene rings is 1. The molecule has 1 N–H and O–H groups in total. The zero-order valence-electron chi connectivity index (χ0n) is 11.4. The average molecular weight is 281 g/mol. The monoisotopic (exact) mass is 281 g/mol. The van der Waals surface area contributed by atoms with Gasteiger partial charge in [-0.05, 0) is 45.7 Å². The van der Waals surface area contributed by atoms with E-state index in [1.54, 1.807) is 31.2 Å². The maximum Gasteiger partial charge on any atom is 0.244 e. The van der Waals surface area contributed by atoms with Crippen molar-refractivity contribution in [3.05, 3.63) is 29.8 Å². The molecule has 1 unspecified atom stereocenters. The lowest BCUT2D eigenvalue weighted by Gasteiger charge is -2.21. The Balaban J connectivity index is 1.98. The van der Waals surface area contributed by atoms with Crippen LogP contribution in [0.1, 0.15) is 32.3 Å². The molecule has 4 atom stereocenters. The Morgan fingerprint density at radius 3 is 2.26 bits per heavy atom. The van der Waals surface area contributed by atoms with Crippen LogP contribution in [0.3, 0.4) is 0 Å². The van der Waals surface area contributed by atoms with Gasteiger partial charge in [0.2, 0.25) is 10.0 Å². The van der Waals surface area contributed by atoms with Crippen molar-refractivity contribution in [1.82, 2.24) is 4.31 Å². The molecule has 1 saturated heterocycles. The number of aliphatic hydroxyl groups is 1. The third kappa shape index (κ3) is 1.68. The van der Waals surface area contributed by atoms with Crippen LogP contribution in [0.4, 0.5) is 0 Å². The predicted octanol–water partition coefficient (Wildman–Crippen LogP) is 1.67. The highest BCUT2D eigenvalue weighted by Gasteiger charge is 2.74. The summed E-state index contributed by atoms with van der Waals surface area (Å²) < 4.78 is 26.7. The smallest absolute Gasteiger partial charge is 0.244 e. The first-order valence-electron chi connectivity index (χ1n) is 6.53. The molecule has 104 valence electrons. The molecule has 0 bridgehead atoms. The van der Waals surface area contributed by atoms with Crippen LogP contribution in [-0.4, -0.2) is 35.0 Å². The molecule has 3 rings (SSSR count). The molecule has 0 aromatic heterocycles. The summed E-state index contributed by atoms with van der Waals surface area (Å²) in [6.45, 7) is 5.58. The largest absolute Gasteiger partial charge is 0.388 e. The van der Waals surface area contributed by atoms with Crippen molar-refractivity contribution >= 4 is 10.0 Å². The number of sulfonamides is 1. The van der Waals surface area contributed by atoms with Gasteiger partial charge in [-0.25, -0.2) is 8.42 Å². The van der Waals surface area contributed by atoms with Crippen molar-refractivity contribution in [2.24, 2.45) is 0 Å². The average Bonchev–Trinajstić information content (AvgIpc) is 2.89. The minimum absolute atomic E-state index is 0.286. The molecule has 4 nitrogen and oxygen atoms in total. The minimum Gasteiger partial charge on any atom is -0.388 e. The van der Waals surface area contributed by atoms with E-state index in [1.807, 2.05) is 13.8 Å². The molecule has 1 heterocycles. The van der Waals surface area contributed by atoms with Crippen molar-refractivity contribution in [2.75, 3.05) is 0 Å². The normalized spacial score (nSPS) is 41.1. The number of hydrogen-bond donors (Lipinski definition) is 1. The topological polar surface area (TPSA) is 57.4 Å². The third-order valence-electron chi connectivity index (χ3n) is 4.56. The van der Waals surface area contributed by atoms with Crippen molar-refractivity contribution in [3.8, 4) is 0 Å². The Kier molecular flexibility index (Phi) is 2.48. The van der Waals surface area contributed by atoms with E-state index in [4.69, 9.17) is 0 Å². The second-order valence-corrected chi connectivity index (χ2v) is 8.05. The molecule has 0 radical (unpaired) electrons. The van der Waals surface area contributed by atoms with Gasteiger partial charge in [0, 0.05) is 0 Å². The summed E-state index contributed by atoms with van der Waals surface area (Å²) in [5.41, 5.74) is -0.289. The SMILES string of the molecule is Cc1ccc(S(=O)(=O)N2[C@H]3[C@]2(C)CC[C@@]3(C)O)cc1. The van der Waals surface area contributed by atoms with Crippen LogP contribution in [0.25, 0.3) is 0 Å². The van der Waals surface area contributed by atoms with E-state index in [2.05, 4.69) is 0 Å². The summed E-state index contributed by atoms with van der Waals surface area (Å²) in [4.78, 5) is 0.310. The Hall–Kier alpha value is -0.910. The summed E-state index contributed by atoms with van der Waals surface area (Å²) in [5.74, 6) is 0. The van der Waals surface area contributed by atoms with Crippen LogP contribution in [0.2, 0.25) is 0 Å². The highest BCUT2D eigenvalue weighted by molar-refractivity contribution is 7.89. The lowest BCUT2D eigenvalue weighted by Crippen LogP contribution is -2.33. The molecule has 2 aliphatic rings. The molecule has 5 heteroatoms. The van der Waals surface area contributed by atoms with Gasteiger partial charge in [0.1, 0.15) is 0 Å². The van der Waals surface area contributed by atoms with Crippen molar-refractivity contribution in [1.29, 1.82) is 0 Å². The van der Waals surface area contributed by atoms with E-state index < -0.39 is 21.2 Å². The van der Waals surface area contributed by atoms with Gasteiger partial charge in [-0.3, -0.25) is 0 Å². The highest BCUT2D eigenvalue weighted by Crippen LogP contribution is 2.59. The van der Waals surface area contributed by atoms with Crippen LogP contribution in [-0.2, 0) is 10.0 Å². The fourth-order valence-electron chi connectivity index (χ4n) is 3.45. The van der Waals surface area contributed by atoms with Crippen LogP contribution in [0, 0.1) is 6.92 Å². The van der Waals surface area contributed by atoms with E-state index in [-0.39, 0.29) is 6.04 Å². The van der Waals surface area contributed by atoms with Gasteiger partial charge >= 0.3 is 0 Å². The van der Waals surface area contributed by atoms with Gasteiger partial charge in [-0.1, -0.05) is 17.7 Å². The lowest BCUT2D eigenvalue weighted by molar-refractivity contribution is 0.0528. The Morgan fingerprint density at radius 2 is 1.79 bits per heavy atom. The lowest BCUT2D eigenvalue weighted by atomic mass is 10.0. The van der Waals surface area contributed by atoms with Crippen LogP contribution >= 0.6 is 0 Å². The van der Waals surface area contributed by atoms with Gasteiger partial charge in [0.05, 0.1) is 22.1 Å². The Bertz CT molecular complexity index is 621. The van der Waals surface area contributed by atoms with Gasteiger partial charge < -0.3 is 5.11 Å². The number of aryl methyl sites for hydroxylation is 1. The zero-order chi connectivity index (χ0) is 14.1. The Morgan fingerprint density at radius 1 is 1.21 bits per heavy atom. The first kappa shape index (κ1) is 13.1. The van der Waals surface area contributed by atoms with E-state index >= 15 is 0 Å². The summed E-state index contributed by atoms with van der Waals surface area (Å²) >= 11 is 0. The summed E-state index contributed by atoms with van der Waals surface area (Å²) in [6, 6.07) is 6.58. The van der Waals surface area contributed by atoms with Gasteiger partial charge in [-0.15, -0.1) is 0 Å². The molecule has 1 aromatic carbocycles. The van der Waals surface area contributed by atoms with Crippen LogP contribution in [0.5, 0.6) is 0 Å². The quantitative estimate of drug-likeness (QED) is 0.839. The molecular formula is C14H19NO3S. The number of nitrogens with zero attached hydrogens (tertiary/aromatic N) is 1. The van der Waals surface area contributed by atoms with E-state index in [9.17, 15) is 13.5 Å². The second-order valence-electron chi connectivity index (χ2n) is 6.23. The molecular weight excluding hydrogens is 262 g/mol. The van der Waals surface area contributed by atoms with Crippen LogP contribution < -0.4 is 0 Å². The molecule has 19 heavy (non-hydrogen) atoms. The maximum atomic E-state index is 12.6. The van der Waals surface area contributed by atoms with E-state index in [0.29, 0.717) is 11.3 Å². The molecule has 0 spiro atoms. The molecule has 2 fully saturated rings. The number of rotatable bonds is 2. The van der Waals surface area contributed by atoms with Gasteiger partial charge in [-0.2, -0.15) is 4.31 Å². The van der Waals surface area contributed by atoms with E-state index in [1.165, 1.54) is 4.31 Å². The van der Waals surface area contributed by atoms with Crippen molar-refractivity contribution < 1.29 is 13.5 Å². The Labute approximate surface area is 114 Å². The third-order valence-corrected chi connectivity index (χ3v) is 6.58. The van der Waals surface area contributed by atoms with Gasteiger partial charge in [0.25, 0.3) is 0 Å². The fourth-order valence-corrected chi connectivity index (χ4v) is 5.58. The van der Waals surface area contributed by atoms with Crippen LogP contribution in [0.15, 0.2) is 29.2 Å². The van der Waals surface area contributed by atoms with Gasteiger partial charge in [0.15, 0.2) is 0 Å². The maximum absolute atomic E-state index is 12.6. The first-order chi connectivity index (χ1) is 8.69. The van der Waals surface area contributed by atoms with E-state index in [0.717, 1.165) is 12.0 Å².